The molecule has 5 heteroatoms. The van der Waals surface area contributed by atoms with Gasteiger partial charge in [-0.1, -0.05) is 42.5 Å². The Morgan fingerprint density at radius 3 is 2.66 bits per heavy atom. The van der Waals surface area contributed by atoms with Crippen molar-refractivity contribution in [1.82, 2.24) is 15.2 Å². The molecule has 0 aliphatic carbocycles. The molecule has 3 rings (SSSR count). The zero-order valence-corrected chi connectivity index (χ0v) is 17.0. The van der Waals surface area contributed by atoms with E-state index in [9.17, 15) is 4.79 Å². The minimum atomic E-state index is -0.120. The maximum atomic E-state index is 12.9. The maximum Gasteiger partial charge on any atom is 0.318 e. The van der Waals surface area contributed by atoms with E-state index in [4.69, 9.17) is 4.74 Å². The summed E-state index contributed by atoms with van der Waals surface area (Å²) in [6, 6.07) is 19.7. The third kappa shape index (κ3) is 6.35. The van der Waals surface area contributed by atoms with E-state index >= 15 is 0 Å². The molecule has 2 aromatic carbocycles. The van der Waals surface area contributed by atoms with Crippen LogP contribution in [0.1, 0.15) is 22.3 Å². The summed E-state index contributed by atoms with van der Waals surface area (Å²) < 4.78 is 5.73. The molecule has 0 saturated heterocycles. The van der Waals surface area contributed by atoms with E-state index in [2.05, 4.69) is 29.4 Å². The lowest BCUT2D eigenvalue weighted by Crippen LogP contribution is -2.40. The molecule has 0 fully saturated rings. The number of amides is 2. The van der Waals surface area contributed by atoms with Crippen LogP contribution in [0.25, 0.3) is 0 Å². The third-order valence-corrected chi connectivity index (χ3v) is 4.64. The topological polar surface area (TPSA) is 54.5 Å². The second kappa shape index (κ2) is 10.3. The second-order valence-electron chi connectivity index (χ2n) is 7.04. The van der Waals surface area contributed by atoms with Crippen LogP contribution in [0.5, 0.6) is 5.75 Å². The molecule has 3 aromatic rings. The first-order valence-corrected chi connectivity index (χ1v) is 9.77. The van der Waals surface area contributed by atoms with Gasteiger partial charge in [-0.05, 0) is 54.3 Å². The number of nitrogens with zero attached hydrogens (tertiary/aromatic N) is 2. The molecular weight excluding hydrogens is 362 g/mol. The van der Waals surface area contributed by atoms with E-state index in [-0.39, 0.29) is 6.03 Å². The summed E-state index contributed by atoms with van der Waals surface area (Å²) in [6.07, 6.45) is 3.52. The highest BCUT2D eigenvalue weighted by Gasteiger charge is 2.15. The van der Waals surface area contributed by atoms with E-state index in [0.29, 0.717) is 26.2 Å². The Hall–Kier alpha value is -3.34. The molecule has 0 bridgehead atoms. The molecule has 29 heavy (non-hydrogen) atoms. The minimum Gasteiger partial charge on any atom is -0.492 e. The largest absolute Gasteiger partial charge is 0.492 e. The predicted molar refractivity (Wildman–Crippen MR) is 115 cm³/mol. The summed E-state index contributed by atoms with van der Waals surface area (Å²) >= 11 is 0. The van der Waals surface area contributed by atoms with Crippen LogP contribution in [0.3, 0.4) is 0 Å². The first kappa shape index (κ1) is 20.4. The summed E-state index contributed by atoms with van der Waals surface area (Å²) in [5, 5.41) is 2.97. The number of aromatic nitrogens is 1. The molecule has 1 aromatic heterocycles. The summed E-state index contributed by atoms with van der Waals surface area (Å²) in [6.45, 7) is 5.96. The van der Waals surface area contributed by atoms with Gasteiger partial charge in [0.15, 0.2) is 0 Å². The van der Waals surface area contributed by atoms with Crippen LogP contribution in [0, 0.1) is 13.8 Å². The van der Waals surface area contributed by atoms with Gasteiger partial charge in [-0.3, -0.25) is 4.98 Å². The number of ether oxygens (including phenoxy) is 1. The lowest BCUT2D eigenvalue weighted by atomic mass is 10.1. The summed E-state index contributed by atoms with van der Waals surface area (Å²) in [7, 11) is 0. The molecule has 1 N–H and O–H groups in total. The molecule has 0 aliphatic heterocycles. The van der Waals surface area contributed by atoms with Gasteiger partial charge in [0.05, 0.1) is 6.54 Å². The van der Waals surface area contributed by atoms with Crippen LogP contribution in [0.2, 0.25) is 0 Å². The van der Waals surface area contributed by atoms with Crippen LogP contribution in [0.15, 0.2) is 73.1 Å². The molecule has 0 atom stereocenters. The van der Waals surface area contributed by atoms with Crippen molar-refractivity contribution in [3.05, 3.63) is 95.3 Å². The Balaban J connectivity index is 1.59. The zero-order chi connectivity index (χ0) is 20.5. The van der Waals surface area contributed by atoms with Gasteiger partial charge < -0.3 is 15.0 Å². The van der Waals surface area contributed by atoms with Gasteiger partial charge in [-0.15, -0.1) is 0 Å². The Morgan fingerprint density at radius 2 is 1.90 bits per heavy atom. The number of rotatable bonds is 8. The molecule has 0 aliphatic rings. The molecular formula is C24H27N3O2. The Kier molecular flexibility index (Phi) is 7.22. The monoisotopic (exact) mass is 389 g/mol. The van der Waals surface area contributed by atoms with Gasteiger partial charge in [0.1, 0.15) is 12.4 Å². The third-order valence-electron chi connectivity index (χ3n) is 4.64. The van der Waals surface area contributed by atoms with Crippen molar-refractivity contribution < 1.29 is 9.53 Å². The highest BCUT2D eigenvalue weighted by Crippen LogP contribution is 2.14. The van der Waals surface area contributed by atoms with E-state index in [0.717, 1.165) is 22.4 Å². The minimum absolute atomic E-state index is 0.120. The van der Waals surface area contributed by atoms with E-state index < -0.39 is 0 Å². The van der Waals surface area contributed by atoms with Crippen molar-refractivity contribution in [2.24, 2.45) is 0 Å². The van der Waals surface area contributed by atoms with Crippen LogP contribution < -0.4 is 10.1 Å². The van der Waals surface area contributed by atoms with Gasteiger partial charge in [0, 0.05) is 25.5 Å². The first-order valence-electron chi connectivity index (χ1n) is 9.77. The Bertz CT molecular complexity index is 928. The summed E-state index contributed by atoms with van der Waals surface area (Å²) in [4.78, 5) is 18.8. The van der Waals surface area contributed by atoms with Crippen LogP contribution in [-0.2, 0) is 13.1 Å². The van der Waals surface area contributed by atoms with Crippen molar-refractivity contribution in [1.29, 1.82) is 0 Å². The SMILES string of the molecule is Cc1cccc(OCCNC(=O)N(Cc2cccnc2)Cc2ccccc2C)c1. The average molecular weight is 389 g/mol. The number of hydrogen-bond acceptors (Lipinski definition) is 3. The highest BCUT2D eigenvalue weighted by atomic mass is 16.5. The Morgan fingerprint density at radius 1 is 1.03 bits per heavy atom. The van der Waals surface area contributed by atoms with Crippen LogP contribution in [0.4, 0.5) is 4.79 Å². The first-order chi connectivity index (χ1) is 14.1. The van der Waals surface area contributed by atoms with E-state index in [1.54, 1.807) is 17.3 Å². The van der Waals surface area contributed by atoms with Crippen LogP contribution in [-0.4, -0.2) is 29.1 Å². The number of urea groups is 1. The van der Waals surface area contributed by atoms with Crippen LogP contribution >= 0.6 is 0 Å². The van der Waals surface area contributed by atoms with Crippen molar-refractivity contribution in [2.75, 3.05) is 13.2 Å². The molecule has 5 nitrogen and oxygen atoms in total. The average Bonchev–Trinajstić information content (AvgIpc) is 2.73. The second-order valence-corrected chi connectivity index (χ2v) is 7.04. The van der Waals surface area contributed by atoms with Gasteiger partial charge in [0.25, 0.3) is 0 Å². The van der Waals surface area contributed by atoms with Crippen molar-refractivity contribution in [3.8, 4) is 5.75 Å². The quantitative estimate of drug-likeness (QED) is 0.578. The standard InChI is InChI=1S/C24H27N3O2/c1-19-7-5-11-23(15-19)29-14-13-26-24(28)27(17-21-9-6-12-25-16-21)18-22-10-4-3-8-20(22)2/h3-12,15-16H,13-14,17-18H2,1-2H3,(H,26,28). The van der Waals surface area contributed by atoms with Gasteiger partial charge >= 0.3 is 6.03 Å². The number of pyridine rings is 1. The molecule has 0 radical (unpaired) electrons. The predicted octanol–water partition coefficient (Wildman–Crippen LogP) is 4.49. The molecule has 1 heterocycles. The number of benzene rings is 2. The number of hydrogen-bond donors (Lipinski definition) is 1. The van der Waals surface area contributed by atoms with Crippen molar-refractivity contribution in [2.45, 2.75) is 26.9 Å². The molecule has 0 saturated carbocycles. The molecule has 0 spiro atoms. The van der Waals surface area contributed by atoms with Crippen molar-refractivity contribution >= 4 is 6.03 Å². The summed E-state index contributed by atoms with van der Waals surface area (Å²) in [5.74, 6) is 0.811. The molecule has 150 valence electrons. The molecule has 2 amide bonds. The van der Waals surface area contributed by atoms with Gasteiger partial charge in [-0.25, -0.2) is 4.79 Å². The van der Waals surface area contributed by atoms with E-state index in [1.807, 2.05) is 55.5 Å². The number of nitrogens with one attached hydrogen (secondary N) is 1. The number of carbonyl (C=O) groups excluding carboxylic acids is 1. The fourth-order valence-corrected chi connectivity index (χ4v) is 3.05. The lowest BCUT2D eigenvalue weighted by molar-refractivity contribution is 0.189. The van der Waals surface area contributed by atoms with E-state index in [1.165, 1.54) is 5.56 Å². The highest BCUT2D eigenvalue weighted by molar-refractivity contribution is 5.74. The maximum absolute atomic E-state index is 12.9. The molecule has 0 unspecified atom stereocenters. The number of carbonyl (C=O) groups is 1. The number of aryl methyl sites for hydroxylation is 2. The van der Waals surface area contributed by atoms with Crippen molar-refractivity contribution in [3.63, 3.8) is 0 Å². The Labute approximate surface area is 172 Å². The fraction of sp³-hybridized carbons (Fsp3) is 0.250. The zero-order valence-electron chi connectivity index (χ0n) is 17.0. The van der Waals surface area contributed by atoms with Gasteiger partial charge in [-0.2, -0.15) is 0 Å². The summed E-state index contributed by atoms with van der Waals surface area (Å²) in [5.41, 5.74) is 4.43. The normalized spacial score (nSPS) is 10.4. The lowest BCUT2D eigenvalue weighted by Gasteiger charge is -2.24. The fourth-order valence-electron chi connectivity index (χ4n) is 3.05. The van der Waals surface area contributed by atoms with Gasteiger partial charge in [0.2, 0.25) is 0 Å². The smallest absolute Gasteiger partial charge is 0.318 e.